The van der Waals surface area contributed by atoms with Crippen LogP contribution in [0.1, 0.15) is 10.4 Å². The number of rotatable bonds is 3. The Balaban J connectivity index is 2.57. The monoisotopic (exact) mass is 230 g/mol. The molecule has 0 amide bonds. The maximum atomic E-state index is 10.9. The van der Waals surface area contributed by atoms with Gasteiger partial charge in [0.1, 0.15) is 12.7 Å². The van der Waals surface area contributed by atoms with Crippen LogP contribution in [0.3, 0.4) is 0 Å². The Hall–Kier alpha value is -2.79. The SMILES string of the molecule is O=C=Nc1cc(-n2cnnc2)ccc1C(=O)O. The summed E-state index contributed by atoms with van der Waals surface area (Å²) in [6.07, 6.45) is 4.22. The summed E-state index contributed by atoms with van der Waals surface area (Å²) < 4.78 is 1.56. The van der Waals surface area contributed by atoms with Crippen molar-refractivity contribution in [3.8, 4) is 5.69 Å². The standard InChI is InChI=1S/C10H6N4O3/c15-6-11-9-3-7(14-4-12-13-5-14)1-2-8(9)10(16)17/h1-5H,(H,16,17). The minimum absolute atomic E-state index is 0.0405. The van der Waals surface area contributed by atoms with E-state index in [4.69, 9.17) is 5.11 Å². The van der Waals surface area contributed by atoms with E-state index >= 15 is 0 Å². The van der Waals surface area contributed by atoms with E-state index in [0.29, 0.717) is 5.69 Å². The van der Waals surface area contributed by atoms with Crippen LogP contribution in [0.25, 0.3) is 5.69 Å². The predicted molar refractivity (Wildman–Crippen MR) is 56.1 cm³/mol. The number of carboxylic acid groups (broad SMARTS) is 1. The Morgan fingerprint density at radius 3 is 2.65 bits per heavy atom. The zero-order chi connectivity index (χ0) is 12.3. The molecule has 7 heteroatoms. The summed E-state index contributed by atoms with van der Waals surface area (Å²) in [5, 5.41) is 16.1. The van der Waals surface area contributed by atoms with Gasteiger partial charge >= 0.3 is 5.97 Å². The van der Waals surface area contributed by atoms with Gasteiger partial charge in [-0.1, -0.05) is 0 Å². The molecule has 17 heavy (non-hydrogen) atoms. The molecule has 0 unspecified atom stereocenters. The molecule has 0 fully saturated rings. The molecule has 1 aromatic heterocycles. The lowest BCUT2D eigenvalue weighted by molar-refractivity contribution is 0.0698. The number of aliphatic imine (C=N–C) groups is 1. The van der Waals surface area contributed by atoms with Gasteiger partial charge in [-0.25, -0.2) is 9.59 Å². The Bertz CT molecular complexity index is 600. The lowest BCUT2D eigenvalue weighted by Gasteiger charge is -2.04. The van der Waals surface area contributed by atoms with Gasteiger partial charge in [0.05, 0.1) is 16.9 Å². The lowest BCUT2D eigenvalue weighted by Crippen LogP contribution is -1.98. The fourth-order valence-corrected chi connectivity index (χ4v) is 1.34. The van der Waals surface area contributed by atoms with Gasteiger partial charge < -0.3 is 5.11 Å². The number of carboxylic acids is 1. The maximum absolute atomic E-state index is 10.9. The first kappa shape index (κ1) is 10.7. The molecule has 0 radical (unpaired) electrons. The number of carbonyl (C=O) groups is 1. The average molecular weight is 230 g/mol. The van der Waals surface area contributed by atoms with Gasteiger partial charge in [0.15, 0.2) is 0 Å². The van der Waals surface area contributed by atoms with Crippen LogP contribution in [0.4, 0.5) is 5.69 Å². The fraction of sp³-hybridized carbons (Fsp3) is 0. The summed E-state index contributed by atoms with van der Waals surface area (Å²) in [5.74, 6) is -1.16. The molecule has 1 aromatic carbocycles. The summed E-state index contributed by atoms with van der Waals surface area (Å²) in [6.45, 7) is 0. The molecule has 0 bridgehead atoms. The van der Waals surface area contributed by atoms with Crippen LogP contribution in [0.5, 0.6) is 0 Å². The quantitative estimate of drug-likeness (QED) is 0.624. The number of aromatic carboxylic acids is 1. The van der Waals surface area contributed by atoms with Gasteiger partial charge in [-0.15, -0.1) is 10.2 Å². The molecule has 0 saturated carbocycles. The van der Waals surface area contributed by atoms with Crippen molar-refractivity contribution in [2.24, 2.45) is 4.99 Å². The molecule has 2 rings (SSSR count). The molecule has 0 aliphatic heterocycles. The summed E-state index contributed by atoms with van der Waals surface area (Å²) in [5.41, 5.74) is 0.581. The highest BCUT2D eigenvalue weighted by Crippen LogP contribution is 2.22. The van der Waals surface area contributed by atoms with Crippen molar-refractivity contribution in [2.75, 3.05) is 0 Å². The van der Waals surface area contributed by atoms with Gasteiger partial charge in [0.25, 0.3) is 0 Å². The van der Waals surface area contributed by atoms with Crippen LogP contribution in [-0.2, 0) is 4.79 Å². The minimum Gasteiger partial charge on any atom is -0.478 e. The van der Waals surface area contributed by atoms with E-state index in [1.807, 2.05) is 0 Å². The highest BCUT2D eigenvalue weighted by molar-refractivity contribution is 5.94. The van der Waals surface area contributed by atoms with E-state index in [1.54, 1.807) is 10.6 Å². The Labute approximate surface area is 95.1 Å². The van der Waals surface area contributed by atoms with Crippen LogP contribution in [0.15, 0.2) is 35.8 Å². The van der Waals surface area contributed by atoms with Gasteiger partial charge in [0.2, 0.25) is 6.08 Å². The second-order valence-corrected chi connectivity index (χ2v) is 3.08. The average Bonchev–Trinajstić information content (AvgIpc) is 2.82. The lowest BCUT2D eigenvalue weighted by atomic mass is 10.1. The zero-order valence-electron chi connectivity index (χ0n) is 8.44. The molecule has 7 nitrogen and oxygen atoms in total. The van der Waals surface area contributed by atoms with E-state index in [1.165, 1.54) is 30.9 Å². The first-order valence-corrected chi connectivity index (χ1v) is 4.52. The molecule has 0 aliphatic rings. The molecule has 0 atom stereocenters. The maximum Gasteiger partial charge on any atom is 0.337 e. The van der Waals surface area contributed by atoms with E-state index in [9.17, 15) is 9.59 Å². The Morgan fingerprint density at radius 1 is 1.35 bits per heavy atom. The summed E-state index contributed by atoms with van der Waals surface area (Å²) in [7, 11) is 0. The molecule has 0 spiro atoms. The van der Waals surface area contributed by atoms with Crippen LogP contribution < -0.4 is 0 Å². The zero-order valence-corrected chi connectivity index (χ0v) is 8.44. The van der Waals surface area contributed by atoms with E-state index < -0.39 is 5.97 Å². The number of aromatic nitrogens is 3. The van der Waals surface area contributed by atoms with Gasteiger partial charge in [-0.3, -0.25) is 4.57 Å². The van der Waals surface area contributed by atoms with Crippen molar-refractivity contribution < 1.29 is 14.7 Å². The summed E-state index contributed by atoms with van der Waals surface area (Å²) in [6, 6.07) is 4.36. The molecule has 2 aromatic rings. The predicted octanol–water partition coefficient (Wildman–Crippen LogP) is 0.933. The largest absolute Gasteiger partial charge is 0.478 e. The number of isocyanates is 1. The Kier molecular flexibility index (Phi) is 2.76. The van der Waals surface area contributed by atoms with Crippen LogP contribution in [0, 0.1) is 0 Å². The third kappa shape index (κ3) is 2.09. The number of carbonyl (C=O) groups excluding carboxylic acids is 1. The molecule has 0 aliphatic carbocycles. The second-order valence-electron chi connectivity index (χ2n) is 3.08. The van der Waals surface area contributed by atoms with Crippen LogP contribution >= 0.6 is 0 Å². The minimum atomic E-state index is -1.16. The van der Waals surface area contributed by atoms with E-state index in [2.05, 4.69) is 15.2 Å². The highest BCUT2D eigenvalue weighted by atomic mass is 16.4. The summed E-state index contributed by atoms with van der Waals surface area (Å²) in [4.78, 5) is 24.5. The molecular formula is C10H6N4O3. The number of nitrogens with zero attached hydrogens (tertiary/aromatic N) is 4. The molecule has 0 saturated heterocycles. The molecule has 1 heterocycles. The smallest absolute Gasteiger partial charge is 0.337 e. The number of hydrogen-bond acceptors (Lipinski definition) is 5. The first-order valence-electron chi connectivity index (χ1n) is 4.52. The van der Waals surface area contributed by atoms with Crippen molar-refractivity contribution in [3.63, 3.8) is 0 Å². The highest BCUT2D eigenvalue weighted by Gasteiger charge is 2.10. The summed E-state index contributed by atoms with van der Waals surface area (Å²) >= 11 is 0. The van der Waals surface area contributed by atoms with Gasteiger partial charge in [0, 0.05) is 0 Å². The van der Waals surface area contributed by atoms with Crippen LogP contribution in [0.2, 0.25) is 0 Å². The van der Waals surface area contributed by atoms with Crippen molar-refractivity contribution in [3.05, 3.63) is 36.4 Å². The normalized spacial score (nSPS) is 9.65. The molecule has 84 valence electrons. The van der Waals surface area contributed by atoms with Crippen molar-refractivity contribution in [1.82, 2.24) is 14.8 Å². The van der Waals surface area contributed by atoms with Crippen LogP contribution in [-0.4, -0.2) is 31.9 Å². The fourth-order valence-electron chi connectivity index (χ4n) is 1.34. The molecular weight excluding hydrogens is 224 g/mol. The molecule has 1 N–H and O–H groups in total. The second kappa shape index (κ2) is 4.38. The van der Waals surface area contributed by atoms with Crippen molar-refractivity contribution in [1.29, 1.82) is 0 Å². The third-order valence-electron chi connectivity index (χ3n) is 2.09. The van der Waals surface area contributed by atoms with Gasteiger partial charge in [-0.05, 0) is 18.2 Å². The Morgan fingerprint density at radius 2 is 2.06 bits per heavy atom. The number of benzene rings is 1. The van der Waals surface area contributed by atoms with E-state index in [0.717, 1.165) is 0 Å². The number of hydrogen-bond donors (Lipinski definition) is 1. The first-order chi connectivity index (χ1) is 8.22. The van der Waals surface area contributed by atoms with E-state index in [-0.39, 0.29) is 11.3 Å². The third-order valence-corrected chi connectivity index (χ3v) is 2.09. The van der Waals surface area contributed by atoms with Gasteiger partial charge in [-0.2, -0.15) is 4.99 Å². The topological polar surface area (TPSA) is 97.4 Å². The van der Waals surface area contributed by atoms with Crippen molar-refractivity contribution >= 4 is 17.7 Å². The van der Waals surface area contributed by atoms with Crippen molar-refractivity contribution in [2.45, 2.75) is 0 Å².